The van der Waals surface area contributed by atoms with Gasteiger partial charge in [0.2, 0.25) is 6.93 Å². The molecule has 9 heteroatoms. The molecule has 0 saturated heterocycles. The van der Waals surface area contributed by atoms with Crippen LogP contribution in [0.4, 0.5) is 18.9 Å². The van der Waals surface area contributed by atoms with Crippen LogP contribution in [0.3, 0.4) is 0 Å². The minimum absolute atomic E-state index is 0.100. The Morgan fingerprint density at radius 3 is 2.29 bits per heavy atom. The second kappa shape index (κ2) is 18.8. The summed E-state index contributed by atoms with van der Waals surface area (Å²) >= 11 is 8.26. The Hall–Kier alpha value is -2.58. The molecule has 0 saturated carbocycles. The van der Waals surface area contributed by atoms with Gasteiger partial charge in [-0.25, -0.2) is 13.2 Å². The molecule has 41 heavy (non-hydrogen) atoms. The molecule has 0 spiro atoms. The van der Waals surface area contributed by atoms with Crippen LogP contribution in [0.5, 0.6) is 5.75 Å². The molecule has 2 aromatic carbocycles. The third kappa shape index (κ3) is 8.48. The molecule has 2 aromatic rings. The number of anilines is 1. The summed E-state index contributed by atoms with van der Waals surface area (Å²) in [5.74, 6) is 1.34. The zero-order valence-corrected chi connectivity index (χ0v) is 26.6. The number of fused-ring (bicyclic) bond motifs is 3. The van der Waals surface area contributed by atoms with E-state index < -0.39 is 13.6 Å². The number of halogens is 4. The van der Waals surface area contributed by atoms with Crippen LogP contribution in [0.15, 0.2) is 63.8 Å². The fourth-order valence-corrected chi connectivity index (χ4v) is 6.39. The highest BCUT2D eigenvalue weighted by atomic mass is 35.5. The molecule has 2 heterocycles. The van der Waals surface area contributed by atoms with E-state index in [9.17, 15) is 13.2 Å². The predicted molar refractivity (Wildman–Crippen MR) is 167 cm³/mol. The number of allylic oxidation sites excluding steroid dienone is 4. The van der Waals surface area contributed by atoms with E-state index in [1.54, 1.807) is 18.9 Å². The van der Waals surface area contributed by atoms with E-state index in [2.05, 4.69) is 62.3 Å². The maximum Gasteiger partial charge on any atom is 0.290 e. The van der Waals surface area contributed by atoms with Gasteiger partial charge < -0.3 is 14.7 Å². The molecule has 0 aliphatic carbocycles. The first-order valence-electron chi connectivity index (χ1n) is 13.8. The van der Waals surface area contributed by atoms with Crippen molar-refractivity contribution < 1.29 is 27.8 Å². The number of methoxy groups -OCH3 is 1. The van der Waals surface area contributed by atoms with E-state index in [1.165, 1.54) is 16.8 Å². The molecule has 0 aromatic heterocycles. The molecule has 1 N–H and O–H groups in total. The highest BCUT2D eigenvalue weighted by molar-refractivity contribution is 7.98. The maximum absolute atomic E-state index is 14.5. The lowest BCUT2D eigenvalue weighted by molar-refractivity contribution is -0.122. The zero-order valence-electron chi connectivity index (χ0n) is 25.1. The zero-order chi connectivity index (χ0) is 31.1. The third-order valence-corrected chi connectivity index (χ3v) is 8.21. The molecule has 2 unspecified atom stereocenters. The van der Waals surface area contributed by atoms with Crippen LogP contribution < -0.4 is 9.64 Å². The van der Waals surface area contributed by atoms with Crippen molar-refractivity contribution in [3.8, 4) is 5.75 Å². The highest BCUT2D eigenvalue weighted by Crippen LogP contribution is 2.52. The topological polar surface area (TPSA) is 49.8 Å². The SMILES string of the molecule is CC.CCC1=C2C(CC)CC(c3cccc(SC)c3OC)c3cc(Cl)ccc3N2C(CF)=C(C)C1.FCF.O=CO. The third-order valence-electron chi connectivity index (χ3n) is 7.21. The number of benzene rings is 2. The van der Waals surface area contributed by atoms with Gasteiger partial charge in [-0.3, -0.25) is 4.79 Å². The van der Waals surface area contributed by atoms with Crippen LogP contribution in [-0.2, 0) is 4.79 Å². The second-order valence-corrected chi connectivity index (χ2v) is 10.4. The van der Waals surface area contributed by atoms with E-state index in [0.717, 1.165) is 58.8 Å². The smallest absolute Gasteiger partial charge is 0.290 e. The fraction of sp³-hybridized carbons (Fsp3) is 0.469. The van der Waals surface area contributed by atoms with Gasteiger partial charge in [0, 0.05) is 38.7 Å². The number of hydrogen-bond acceptors (Lipinski definition) is 4. The van der Waals surface area contributed by atoms with Crippen LogP contribution >= 0.6 is 23.4 Å². The lowest BCUT2D eigenvalue weighted by Gasteiger charge is -2.38. The van der Waals surface area contributed by atoms with Crippen LogP contribution in [0.1, 0.15) is 77.3 Å². The van der Waals surface area contributed by atoms with E-state index in [0.29, 0.717) is 10.9 Å². The first-order valence-corrected chi connectivity index (χ1v) is 15.4. The standard InChI is InChI=1S/C28H33ClFNOS.C2H6.CH2F2.CH2O2/c1-6-18-13-17(3)25(16-30)31-24-12-11-20(29)15-23(24)22(14-19(7-2)27(18)31)21-9-8-10-26(33-5)28(21)32-4;1-2;2*2-1-3/h8-12,15,19,22H,6-7,13-14,16H2,1-5H3;1-2H3;1H2;1H,(H,2,3). The van der Waals surface area contributed by atoms with Crippen LogP contribution in [-0.4, -0.2) is 38.5 Å². The van der Waals surface area contributed by atoms with Crippen molar-refractivity contribution in [2.45, 2.75) is 71.1 Å². The van der Waals surface area contributed by atoms with Crippen LogP contribution in [0, 0.1) is 5.92 Å². The summed E-state index contributed by atoms with van der Waals surface area (Å²) in [5.41, 5.74) is 7.98. The van der Waals surface area contributed by atoms with Gasteiger partial charge in [0.05, 0.1) is 12.8 Å². The number of carboxylic acid groups (broad SMARTS) is 1. The summed E-state index contributed by atoms with van der Waals surface area (Å²) in [4.78, 5) is 11.7. The van der Waals surface area contributed by atoms with Crippen LogP contribution in [0.25, 0.3) is 0 Å². The summed E-state index contributed by atoms with van der Waals surface area (Å²) in [6.07, 6.45) is 5.84. The van der Waals surface area contributed by atoms with Crippen molar-refractivity contribution in [2.24, 2.45) is 5.92 Å². The quantitative estimate of drug-likeness (QED) is 0.259. The second-order valence-electron chi connectivity index (χ2n) is 9.10. The number of alkyl halides is 3. The van der Waals surface area contributed by atoms with Crippen molar-refractivity contribution in [2.75, 3.05) is 31.9 Å². The molecule has 0 radical (unpaired) electrons. The fourth-order valence-electron chi connectivity index (χ4n) is 5.61. The Labute approximate surface area is 252 Å². The van der Waals surface area contributed by atoms with E-state index in [1.807, 2.05) is 19.9 Å². The number of rotatable bonds is 6. The Kier molecular flexibility index (Phi) is 16.7. The molecule has 0 fully saturated rings. The average molecular weight is 614 g/mol. The highest BCUT2D eigenvalue weighted by Gasteiger charge is 2.38. The molecule has 4 nitrogen and oxygen atoms in total. The first kappa shape index (κ1) is 36.4. The van der Waals surface area contributed by atoms with Gasteiger partial charge in [0.1, 0.15) is 12.4 Å². The molecule has 2 aliphatic heterocycles. The lowest BCUT2D eigenvalue weighted by Crippen LogP contribution is -2.32. The van der Waals surface area contributed by atoms with Crippen molar-refractivity contribution in [1.82, 2.24) is 0 Å². The molecular weight excluding hydrogens is 571 g/mol. The normalized spacial score (nSPS) is 17.4. The molecular formula is C32H43ClF3NO3S. The van der Waals surface area contributed by atoms with Crippen molar-refractivity contribution in [1.29, 1.82) is 0 Å². The molecule has 0 amide bonds. The largest absolute Gasteiger partial charge is 0.495 e. The van der Waals surface area contributed by atoms with E-state index >= 15 is 0 Å². The Morgan fingerprint density at radius 2 is 1.78 bits per heavy atom. The molecule has 2 aliphatic rings. The number of hydrogen-bond donors (Lipinski definition) is 1. The van der Waals surface area contributed by atoms with Gasteiger partial charge in [0.15, 0.2) is 0 Å². The van der Waals surface area contributed by atoms with Crippen LogP contribution in [0.2, 0.25) is 5.02 Å². The Morgan fingerprint density at radius 1 is 1.15 bits per heavy atom. The number of nitrogens with zero attached hydrogens (tertiary/aromatic N) is 1. The van der Waals surface area contributed by atoms with Gasteiger partial charge >= 0.3 is 0 Å². The summed E-state index contributed by atoms with van der Waals surface area (Å²) in [6, 6.07) is 12.5. The molecule has 228 valence electrons. The predicted octanol–water partition coefficient (Wildman–Crippen LogP) is 10.4. The number of thioether (sulfide) groups is 1. The van der Waals surface area contributed by atoms with E-state index in [4.69, 9.17) is 26.2 Å². The monoisotopic (exact) mass is 613 g/mol. The van der Waals surface area contributed by atoms with Gasteiger partial charge in [0.25, 0.3) is 6.47 Å². The number of para-hydroxylation sites is 1. The van der Waals surface area contributed by atoms with Gasteiger partial charge in [-0.1, -0.05) is 51.4 Å². The van der Waals surface area contributed by atoms with E-state index in [-0.39, 0.29) is 12.4 Å². The van der Waals surface area contributed by atoms with Crippen molar-refractivity contribution in [3.05, 3.63) is 75.1 Å². The maximum atomic E-state index is 14.5. The van der Waals surface area contributed by atoms with Gasteiger partial charge in [-0.15, -0.1) is 11.8 Å². The van der Waals surface area contributed by atoms with Crippen molar-refractivity contribution in [3.63, 3.8) is 0 Å². The minimum atomic E-state index is -1.75. The average Bonchev–Trinajstić information content (AvgIpc) is 3.12. The summed E-state index contributed by atoms with van der Waals surface area (Å²) in [6.45, 7) is 8.07. The minimum Gasteiger partial charge on any atom is -0.495 e. The lowest BCUT2D eigenvalue weighted by atomic mass is 9.80. The summed E-state index contributed by atoms with van der Waals surface area (Å²) in [7, 11) is 1.75. The number of ether oxygens (including phenoxy) is 1. The molecule has 0 bridgehead atoms. The summed E-state index contributed by atoms with van der Waals surface area (Å²) < 4.78 is 39.7. The number of carbonyl (C=O) groups is 1. The Balaban J connectivity index is 0.000000949. The first-order chi connectivity index (χ1) is 19.8. The Bertz CT molecular complexity index is 1190. The van der Waals surface area contributed by atoms with Gasteiger partial charge in [-0.05, 0) is 79.8 Å². The summed E-state index contributed by atoms with van der Waals surface area (Å²) in [5, 5.41) is 7.59. The molecule has 4 rings (SSSR count). The van der Waals surface area contributed by atoms with Gasteiger partial charge in [-0.2, -0.15) is 0 Å². The van der Waals surface area contributed by atoms with Crippen molar-refractivity contribution >= 4 is 35.5 Å². The molecule has 2 atom stereocenters.